The van der Waals surface area contributed by atoms with Crippen molar-refractivity contribution in [3.8, 4) is 5.75 Å². The number of aryl methyl sites for hydroxylation is 1. The first kappa shape index (κ1) is 20.3. The van der Waals surface area contributed by atoms with Crippen LogP contribution in [0.4, 0.5) is 0 Å². The molecule has 2 aromatic carbocycles. The van der Waals surface area contributed by atoms with Crippen LogP contribution in [0.5, 0.6) is 5.75 Å². The molecule has 0 saturated carbocycles. The maximum absolute atomic E-state index is 5.37. The van der Waals surface area contributed by atoms with Gasteiger partial charge in [0.25, 0.3) is 0 Å². The van der Waals surface area contributed by atoms with E-state index >= 15 is 0 Å². The van der Waals surface area contributed by atoms with Crippen LogP contribution in [0.2, 0.25) is 0 Å². The average molecular weight is 439 g/mol. The molecule has 0 radical (unpaired) electrons. The van der Waals surface area contributed by atoms with Crippen LogP contribution >= 0.6 is 24.0 Å². The molecule has 2 aromatic rings. The van der Waals surface area contributed by atoms with Gasteiger partial charge in [0, 0.05) is 13.6 Å². The number of ether oxygens (including phenoxy) is 1. The second-order valence-corrected chi connectivity index (χ2v) is 5.51. The zero-order valence-corrected chi connectivity index (χ0v) is 17.0. The lowest BCUT2D eigenvalue weighted by atomic mass is 10.1. The van der Waals surface area contributed by atoms with Crippen molar-refractivity contribution >= 4 is 29.9 Å². The third-order valence-corrected chi connectivity index (χ3v) is 3.81. The molecular formula is C19H26IN3O. The lowest BCUT2D eigenvalue weighted by molar-refractivity contribution is 0.411. The van der Waals surface area contributed by atoms with E-state index in [1.165, 1.54) is 5.56 Å². The Hall–Kier alpha value is -1.76. The van der Waals surface area contributed by atoms with E-state index in [2.05, 4.69) is 52.9 Å². The van der Waals surface area contributed by atoms with Crippen molar-refractivity contribution in [3.63, 3.8) is 0 Å². The molecule has 0 aliphatic heterocycles. The minimum absolute atomic E-state index is 0. The van der Waals surface area contributed by atoms with Gasteiger partial charge in [-0.3, -0.25) is 4.99 Å². The molecule has 1 unspecified atom stereocenters. The van der Waals surface area contributed by atoms with E-state index in [0.29, 0.717) is 6.54 Å². The Labute approximate surface area is 161 Å². The fraction of sp³-hybridized carbons (Fsp3) is 0.316. The monoisotopic (exact) mass is 439 g/mol. The van der Waals surface area contributed by atoms with Gasteiger partial charge in [-0.2, -0.15) is 0 Å². The van der Waals surface area contributed by atoms with Gasteiger partial charge >= 0.3 is 0 Å². The Kier molecular flexibility index (Phi) is 8.60. The van der Waals surface area contributed by atoms with Crippen molar-refractivity contribution in [1.29, 1.82) is 0 Å². The van der Waals surface area contributed by atoms with Crippen molar-refractivity contribution in [2.75, 3.05) is 14.2 Å². The summed E-state index contributed by atoms with van der Waals surface area (Å²) in [6, 6.07) is 16.7. The second-order valence-electron chi connectivity index (χ2n) is 5.51. The highest BCUT2D eigenvalue weighted by atomic mass is 127. The standard InChI is InChI=1S/C19H25N3O.HI/c1-14-10-11-16(12-18(14)23-4)13-21-19(20-3)22-15(2)17-8-6-5-7-9-17;/h5-12,15H,13H2,1-4H3,(H2,20,21,22);1H. The van der Waals surface area contributed by atoms with Gasteiger partial charge in [0.1, 0.15) is 5.75 Å². The average Bonchev–Trinajstić information content (AvgIpc) is 2.60. The lowest BCUT2D eigenvalue weighted by Crippen LogP contribution is -2.38. The molecule has 1 atom stereocenters. The highest BCUT2D eigenvalue weighted by Crippen LogP contribution is 2.18. The predicted molar refractivity (Wildman–Crippen MR) is 111 cm³/mol. The van der Waals surface area contributed by atoms with E-state index in [0.717, 1.165) is 22.8 Å². The molecule has 0 amide bonds. The molecule has 24 heavy (non-hydrogen) atoms. The highest BCUT2D eigenvalue weighted by Gasteiger charge is 2.07. The van der Waals surface area contributed by atoms with E-state index in [1.54, 1.807) is 14.2 Å². The van der Waals surface area contributed by atoms with Gasteiger partial charge in [-0.25, -0.2) is 0 Å². The first-order chi connectivity index (χ1) is 11.1. The Morgan fingerprint density at radius 2 is 1.88 bits per heavy atom. The quantitative estimate of drug-likeness (QED) is 0.420. The number of methoxy groups -OCH3 is 1. The van der Waals surface area contributed by atoms with E-state index in [4.69, 9.17) is 4.74 Å². The number of rotatable bonds is 5. The summed E-state index contributed by atoms with van der Waals surface area (Å²) in [5.74, 6) is 1.69. The second kappa shape index (κ2) is 10.2. The molecule has 0 aliphatic carbocycles. The molecule has 0 spiro atoms. The lowest BCUT2D eigenvalue weighted by Gasteiger charge is -2.18. The molecule has 130 valence electrons. The van der Waals surface area contributed by atoms with Crippen molar-refractivity contribution < 1.29 is 4.74 Å². The van der Waals surface area contributed by atoms with Gasteiger partial charge in [0.05, 0.1) is 13.2 Å². The summed E-state index contributed by atoms with van der Waals surface area (Å²) < 4.78 is 5.37. The Bertz CT molecular complexity index is 659. The van der Waals surface area contributed by atoms with Crippen LogP contribution in [0.15, 0.2) is 53.5 Å². The zero-order valence-electron chi connectivity index (χ0n) is 14.7. The predicted octanol–water partition coefficient (Wildman–Crippen LogP) is 4.05. The summed E-state index contributed by atoms with van der Waals surface area (Å²) in [4.78, 5) is 4.29. The first-order valence-corrected chi connectivity index (χ1v) is 7.79. The minimum atomic E-state index is 0. The van der Waals surface area contributed by atoms with Crippen LogP contribution in [-0.4, -0.2) is 20.1 Å². The van der Waals surface area contributed by atoms with E-state index in [9.17, 15) is 0 Å². The van der Waals surface area contributed by atoms with Crippen LogP contribution in [0.3, 0.4) is 0 Å². The van der Waals surface area contributed by atoms with Crippen molar-refractivity contribution in [3.05, 3.63) is 65.2 Å². The Balaban J connectivity index is 0.00000288. The molecule has 5 heteroatoms. The summed E-state index contributed by atoms with van der Waals surface area (Å²) in [5.41, 5.74) is 3.52. The maximum Gasteiger partial charge on any atom is 0.191 e. The molecule has 0 aliphatic rings. The molecule has 2 rings (SSSR count). The normalized spacial score (nSPS) is 12.1. The highest BCUT2D eigenvalue weighted by molar-refractivity contribution is 14.0. The SMILES string of the molecule is CN=C(NCc1ccc(C)c(OC)c1)NC(C)c1ccccc1.I. The summed E-state index contributed by atoms with van der Waals surface area (Å²) in [6.45, 7) is 4.85. The van der Waals surface area contributed by atoms with Gasteiger partial charge in [0.15, 0.2) is 5.96 Å². The number of nitrogens with zero attached hydrogens (tertiary/aromatic N) is 1. The third-order valence-electron chi connectivity index (χ3n) is 3.81. The molecular weight excluding hydrogens is 413 g/mol. The van der Waals surface area contributed by atoms with Crippen LogP contribution in [0.1, 0.15) is 29.7 Å². The molecule has 2 N–H and O–H groups in total. The Morgan fingerprint density at radius 3 is 2.50 bits per heavy atom. The molecule has 0 fully saturated rings. The number of halogens is 1. The van der Waals surface area contributed by atoms with E-state index in [1.807, 2.05) is 25.1 Å². The maximum atomic E-state index is 5.37. The smallest absolute Gasteiger partial charge is 0.191 e. The largest absolute Gasteiger partial charge is 0.496 e. The fourth-order valence-corrected chi connectivity index (χ4v) is 2.38. The topological polar surface area (TPSA) is 45.7 Å². The van der Waals surface area contributed by atoms with Crippen LogP contribution in [-0.2, 0) is 6.54 Å². The van der Waals surface area contributed by atoms with Crippen molar-refractivity contribution in [2.45, 2.75) is 26.4 Å². The summed E-state index contributed by atoms with van der Waals surface area (Å²) in [6.07, 6.45) is 0. The number of nitrogens with one attached hydrogen (secondary N) is 2. The van der Waals surface area contributed by atoms with Crippen LogP contribution in [0.25, 0.3) is 0 Å². The van der Waals surface area contributed by atoms with Crippen molar-refractivity contribution in [2.24, 2.45) is 4.99 Å². The van der Waals surface area contributed by atoms with Gasteiger partial charge in [0.2, 0.25) is 0 Å². The number of benzene rings is 2. The minimum Gasteiger partial charge on any atom is -0.496 e. The Morgan fingerprint density at radius 1 is 1.17 bits per heavy atom. The summed E-state index contributed by atoms with van der Waals surface area (Å²) >= 11 is 0. The number of guanidine groups is 1. The fourth-order valence-electron chi connectivity index (χ4n) is 2.38. The van der Waals surface area contributed by atoms with Gasteiger partial charge in [-0.15, -0.1) is 24.0 Å². The summed E-state index contributed by atoms with van der Waals surface area (Å²) in [5, 5.41) is 6.74. The number of hydrogen-bond donors (Lipinski definition) is 2. The molecule has 0 saturated heterocycles. The number of hydrogen-bond acceptors (Lipinski definition) is 2. The van der Waals surface area contributed by atoms with Crippen LogP contribution in [0, 0.1) is 6.92 Å². The zero-order chi connectivity index (χ0) is 16.7. The first-order valence-electron chi connectivity index (χ1n) is 7.79. The molecule has 0 heterocycles. The summed E-state index contributed by atoms with van der Waals surface area (Å²) in [7, 11) is 3.48. The third kappa shape index (κ3) is 5.70. The van der Waals surface area contributed by atoms with E-state index < -0.39 is 0 Å². The molecule has 0 bridgehead atoms. The van der Waals surface area contributed by atoms with Crippen molar-refractivity contribution in [1.82, 2.24) is 10.6 Å². The molecule has 0 aromatic heterocycles. The van der Waals surface area contributed by atoms with Crippen LogP contribution < -0.4 is 15.4 Å². The van der Waals surface area contributed by atoms with Gasteiger partial charge in [-0.1, -0.05) is 42.5 Å². The van der Waals surface area contributed by atoms with E-state index in [-0.39, 0.29) is 30.0 Å². The van der Waals surface area contributed by atoms with Gasteiger partial charge in [-0.05, 0) is 36.6 Å². The number of aliphatic imine (C=N–C) groups is 1. The molecule has 4 nitrogen and oxygen atoms in total. The van der Waals surface area contributed by atoms with Gasteiger partial charge < -0.3 is 15.4 Å².